The minimum Gasteiger partial charge on any atom is -0.467 e. The van der Waals surface area contributed by atoms with E-state index in [1.165, 1.54) is 0 Å². The van der Waals surface area contributed by atoms with Gasteiger partial charge in [0.25, 0.3) is 0 Å². The molecule has 0 saturated carbocycles. The molecule has 0 saturated heterocycles. The Hall–Kier alpha value is -1.81. The van der Waals surface area contributed by atoms with Crippen LogP contribution in [0.2, 0.25) is 0 Å². The summed E-state index contributed by atoms with van der Waals surface area (Å²) in [7, 11) is 1.97. The van der Waals surface area contributed by atoms with Gasteiger partial charge in [-0.05, 0) is 19.1 Å². The molecule has 0 radical (unpaired) electrons. The molecule has 1 unspecified atom stereocenters. The van der Waals surface area contributed by atoms with Crippen LogP contribution < -0.4 is 5.32 Å². The van der Waals surface area contributed by atoms with Crippen molar-refractivity contribution in [2.24, 2.45) is 7.05 Å². The van der Waals surface area contributed by atoms with Crippen molar-refractivity contribution in [3.05, 3.63) is 54.5 Å². The van der Waals surface area contributed by atoms with Gasteiger partial charge in [-0.2, -0.15) is 0 Å². The van der Waals surface area contributed by atoms with E-state index in [9.17, 15) is 0 Å². The van der Waals surface area contributed by atoms with Crippen LogP contribution >= 0.6 is 0 Å². The summed E-state index contributed by atoms with van der Waals surface area (Å²) < 4.78 is 7.45. The highest BCUT2D eigenvalue weighted by Crippen LogP contribution is 2.20. The van der Waals surface area contributed by atoms with E-state index < -0.39 is 0 Å². The third kappa shape index (κ3) is 2.65. The maximum Gasteiger partial charge on any atom is 0.133 e. The fraction of sp³-hybridized carbons (Fsp3) is 0.308. The predicted octanol–water partition coefficient (Wildman–Crippen LogP) is 2.27. The first-order valence-corrected chi connectivity index (χ1v) is 5.57. The molecule has 17 heavy (non-hydrogen) atoms. The number of furan rings is 1. The average Bonchev–Trinajstić information content (AvgIpc) is 2.91. The van der Waals surface area contributed by atoms with Crippen LogP contribution in [-0.2, 0) is 7.05 Å². The molecular formula is C13H17N3O. The van der Waals surface area contributed by atoms with Gasteiger partial charge in [0.05, 0.1) is 6.26 Å². The lowest BCUT2D eigenvalue weighted by atomic mass is 10.2. The number of aromatic nitrogens is 2. The fourth-order valence-electron chi connectivity index (χ4n) is 1.71. The highest BCUT2D eigenvalue weighted by molar-refractivity contribution is 5.16. The third-order valence-corrected chi connectivity index (χ3v) is 2.55. The smallest absolute Gasteiger partial charge is 0.133 e. The summed E-state index contributed by atoms with van der Waals surface area (Å²) in [4.78, 5) is 4.36. The van der Waals surface area contributed by atoms with Crippen LogP contribution in [0.4, 0.5) is 0 Å². The molecule has 0 fully saturated rings. The van der Waals surface area contributed by atoms with Crippen molar-refractivity contribution in [2.45, 2.75) is 13.0 Å². The molecular weight excluding hydrogens is 214 g/mol. The van der Waals surface area contributed by atoms with Crippen LogP contribution in [0, 0.1) is 0 Å². The third-order valence-electron chi connectivity index (χ3n) is 2.55. The molecule has 4 nitrogen and oxygen atoms in total. The van der Waals surface area contributed by atoms with E-state index in [0.717, 1.165) is 23.7 Å². The van der Waals surface area contributed by atoms with Gasteiger partial charge in [0.15, 0.2) is 0 Å². The molecule has 1 atom stereocenters. The molecule has 0 aliphatic heterocycles. The Balaban J connectivity index is 2.25. The largest absolute Gasteiger partial charge is 0.467 e. The topological polar surface area (TPSA) is 43.0 Å². The van der Waals surface area contributed by atoms with Crippen molar-refractivity contribution in [1.29, 1.82) is 0 Å². The Kier molecular flexibility index (Phi) is 3.44. The summed E-state index contributed by atoms with van der Waals surface area (Å²) >= 11 is 0. The lowest BCUT2D eigenvalue weighted by molar-refractivity contribution is 0.438. The summed E-state index contributed by atoms with van der Waals surface area (Å²) in [5.41, 5.74) is 1.08. The van der Waals surface area contributed by atoms with E-state index in [4.69, 9.17) is 4.42 Å². The first kappa shape index (κ1) is 11.7. The van der Waals surface area contributed by atoms with Crippen LogP contribution in [-0.4, -0.2) is 16.1 Å². The lowest BCUT2D eigenvalue weighted by Crippen LogP contribution is -2.26. The highest BCUT2D eigenvalue weighted by atomic mass is 16.3. The summed E-state index contributed by atoms with van der Waals surface area (Å²) in [6.07, 6.45) is 5.38. The summed E-state index contributed by atoms with van der Waals surface area (Å²) in [5, 5.41) is 3.39. The Bertz CT molecular complexity index is 484. The van der Waals surface area contributed by atoms with E-state index in [0.29, 0.717) is 0 Å². The number of aryl methyl sites for hydroxylation is 1. The van der Waals surface area contributed by atoms with Gasteiger partial charge >= 0.3 is 0 Å². The first-order chi connectivity index (χ1) is 8.18. The quantitative estimate of drug-likeness (QED) is 0.803. The predicted molar refractivity (Wildman–Crippen MR) is 66.6 cm³/mol. The monoisotopic (exact) mass is 231 g/mol. The molecule has 0 amide bonds. The van der Waals surface area contributed by atoms with Gasteiger partial charge in [0.1, 0.15) is 17.6 Å². The van der Waals surface area contributed by atoms with E-state index in [-0.39, 0.29) is 6.04 Å². The second-order valence-electron chi connectivity index (χ2n) is 4.18. The van der Waals surface area contributed by atoms with Crippen molar-refractivity contribution in [3.63, 3.8) is 0 Å². The van der Waals surface area contributed by atoms with E-state index in [1.54, 1.807) is 12.5 Å². The second kappa shape index (κ2) is 5.01. The van der Waals surface area contributed by atoms with Gasteiger partial charge in [-0.25, -0.2) is 4.98 Å². The van der Waals surface area contributed by atoms with Crippen molar-refractivity contribution >= 4 is 0 Å². The number of hydrogen-bond donors (Lipinski definition) is 1. The van der Waals surface area contributed by atoms with E-state index in [2.05, 4.69) is 16.9 Å². The van der Waals surface area contributed by atoms with Gasteiger partial charge in [0, 0.05) is 26.0 Å². The minimum atomic E-state index is -0.0401. The van der Waals surface area contributed by atoms with Crippen LogP contribution in [0.3, 0.4) is 0 Å². The van der Waals surface area contributed by atoms with Crippen molar-refractivity contribution in [3.8, 4) is 0 Å². The Morgan fingerprint density at radius 1 is 1.65 bits per heavy atom. The molecule has 0 aliphatic rings. The SMILES string of the molecule is C=C(C)CNC(c1ccco1)c1nccn1C. The molecule has 90 valence electrons. The van der Waals surface area contributed by atoms with E-state index in [1.807, 2.05) is 36.9 Å². The number of imidazole rings is 1. The molecule has 0 aliphatic carbocycles. The maximum absolute atomic E-state index is 5.46. The zero-order chi connectivity index (χ0) is 12.3. The highest BCUT2D eigenvalue weighted by Gasteiger charge is 2.19. The molecule has 2 heterocycles. The van der Waals surface area contributed by atoms with Gasteiger partial charge in [-0.3, -0.25) is 5.32 Å². The molecule has 4 heteroatoms. The fourth-order valence-corrected chi connectivity index (χ4v) is 1.71. The summed E-state index contributed by atoms with van der Waals surface area (Å²) in [6.45, 7) is 6.62. The Morgan fingerprint density at radius 2 is 2.47 bits per heavy atom. The standard InChI is InChI=1S/C13H17N3O/c1-10(2)9-15-12(11-5-4-8-17-11)13-14-6-7-16(13)3/h4-8,12,15H,1,9H2,2-3H3. The van der Waals surface area contributed by atoms with Crippen molar-refractivity contribution < 1.29 is 4.42 Å². The molecule has 0 aromatic carbocycles. The van der Waals surface area contributed by atoms with Crippen molar-refractivity contribution in [1.82, 2.24) is 14.9 Å². The molecule has 0 spiro atoms. The molecule has 0 bridgehead atoms. The van der Waals surface area contributed by atoms with Gasteiger partial charge in [-0.1, -0.05) is 12.2 Å². The molecule has 2 rings (SSSR count). The normalized spacial score (nSPS) is 12.6. The second-order valence-corrected chi connectivity index (χ2v) is 4.18. The van der Waals surface area contributed by atoms with Gasteiger partial charge in [0.2, 0.25) is 0 Å². The van der Waals surface area contributed by atoms with Gasteiger partial charge in [-0.15, -0.1) is 0 Å². The molecule has 2 aromatic rings. The minimum absolute atomic E-state index is 0.0401. The van der Waals surface area contributed by atoms with Gasteiger partial charge < -0.3 is 8.98 Å². The summed E-state index contributed by atoms with van der Waals surface area (Å²) in [6, 6.07) is 3.79. The van der Waals surface area contributed by atoms with E-state index >= 15 is 0 Å². The number of hydrogen-bond acceptors (Lipinski definition) is 3. The van der Waals surface area contributed by atoms with Crippen LogP contribution in [0.25, 0.3) is 0 Å². The first-order valence-electron chi connectivity index (χ1n) is 5.57. The summed E-state index contributed by atoms with van der Waals surface area (Å²) in [5.74, 6) is 1.79. The molecule has 2 aromatic heterocycles. The number of rotatable bonds is 5. The zero-order valence-corrected chi connectivity index (χ0v) is 10.2. The maximum atomic E-state index is 5.46. The van der Waals surface area contributed by atoms with Crippen LogP contribution in [0.1, 0.15) is 24.6 Å². The molecule has 1 N–H and O–H groups in total. The Labute approximate surface area is 101 Å². The van der Waals surface area contributed by atoms with Crippen LogP contribution in [0.5, 0.6) is 0 Å². The zero-order valence-electron chi connectivity index (χ0n) is 10.2. The number of nitrogens with zero attached hydrogens (tertiary/aromatic N) is 2. The van der Waals surface area contributed by atoms with Crippen molar-refractivity contribution in [2.75, 3.05) is 6.54 Å². The van der Waals surface area contributed by atoms with Crippen LogP contribution in [0.15, 0.2) is 47.4 Å². The number of nitrogens with one attached hydrogen (secondary N) is 1. The lowest BCUT2D eigenvalue weighted by Gasteiger charge is -2.16. The Morgan fingerprint density at radius 3 is 3.00 bits per heavy atom. The average molecular weight is 231 g/mol.